The Labute approximate surface area is 575 Å². The first-order valence-corrected chi connectivity index (χ1v) is 34.5. The fraction of sp³-hybridized carbons (Fsp3) is 0.718. The molecule has 26 heteroatoms. The predicted octanol–water partition coefficient (Wildman–Crippen LogP) is 5.96. The Bertz CT molecular complexity index is 2850. The van der Waals surface area contributed by atoms with Crippen LogP contribution in [0, 0.1) is 29.1 Å². The van der Waals surface area contributed by atoms with Crippen molar-refractivity contribution in [2.75, 3.05) is 183 Å². The van der Waals surface area contributed by atoms with Gasteiger partial charge in [-0.05, 0) is 160 Å². The quantitative estimate of drug-likeness (QED) is 0.0177. The number of hydrogen-bond donors (Lipinski definition) is 7. The molecule has 26 nitrogen and oxygen atoms in total. The van der Waals surface area contributed by atoms with E-state index in [0.717, 1.165) is 42.6 Å². The van der Waals surface area contributed by atoms with Crippen LogP contribution < -0.4 is 30.7 Å². The molecule has 1 saturated heterocycles. The van der Waals surface area contributed by atoms with Crippen molar-refractivity contribution in [2.24, 2.45) is 23.7 Å². The van der Waals surface area contributed by atoms with Gasteiger partial charge in [0.05, 0.1) is 117 Å². The number of β-amino-alcohol motifs (C(OH)–C–C–N with tert-alkyl or cyclic N) is 1. The van der Waals surface area contributed by atoms with Gasteiger partial charge in [0.25, 0.3) is 5.91 Å². The summed E-state index contributed by atoms with van der Waals surface area (Å²) in [7, 11) is 3.08. The number of aliphatic hydroxyl groups is 1. The van der Waals surface area contributed by atoms with Crippen LogP contribution in [0.3, 0.4) is 0 Å². The molecule has 1 aliphatic heterocycles. The van der Waals surface area contributed by atoms with Gasteiger partial charge in [-0.1, -0.05) is 19.9 Å². The van der Waals surface area contributed by atoms with Gasteiger partial charge >= 0.3 is 17.9 Å². The second-order valence-electron chi connectivity index (χ2n) is 28.9. The lowest BCUT2D eigenvalue weighted by atomic mass is 9.70. The van der Waals surface area contributed by atoms with Gasteiger partial charge in [0.2, 0.25) is 5.91 Å². The minimum absolute atomic E-state index is 0.0423. The lowest BCUT2D eigenvalue weighted by Crippen LogP contribution is -2.63. The van der Waals surface area contributed by atoms with E-state index in [9.17, 15) is 34.2 Å². The molecule has 4 saturated carbocycles. The number of esters is 2. The van der Waals surface area contributed by atoms with E-state index in [1.54, 1.807) is 18.2 Å². The van der Waals surface area contributed by atoms with E-state index in [1.165, 1.54) is 20.3 Å². The van der Waals surface area contributed by atoms with E-state index in [2.05, 4.69) is 40.0 Å². The molecule has 5 fully saturated rings. The molecule has 1 heterocycles. The Kier molecular flexibility index (Phi) is 31.7. The number of aliphatic hydroxyl groups excluding tert-OH is 1. The summed E-state index contributed by atoms with van der Waals surface area (Å²) in [6.07, 6.45) is 3.70. The molecule has 0 radical (unpaired) electrons. The number of benzene rings is 2. The maximum atomic E-state index is 14.0. The first kappa shape index (κ1) is 79.9. The molecule has 0 aromatic heterocycles. The molecule has 97 heavy (non-hydrogen) atoms. The molecule has 2 aromatic carbocycles. The van der Waals surface area contributed by atoms with Crippen molar-refractivity contribution in [2.45, 2.75) is 136 Å². The summed E-state index contributed by atoms with van der Waals surface area (Å²) >= 11 is 0. The second kappa shape index (κ2) is 38.5. The number of methoxy groups -OCH3 is 2. The summed E-state index contributed by atoms with van der Waals surface area (Å²) in [6, 6.07) is 11.3. The van der Waals surface area contributed by atoms with Crippen LogP contribution in [-0.2, 0) is 61.9 Å². The van der Waals surface area contributed by atoms with Crippen molar-refractivity contribution in [3.63, 3.8) is 0 Å². The molecule has 6 atom stereocenters. The first-order valence-electron chi connectivity index (χ1n) is 34.5. The van der Waals surface area contributed by atoms with E-state index < -0.39 is 46.2 Å². The molecule has 546 valence electrons. The standard InChI is InChI=1S/C71H115N9O17/c1-49(2)54-43-53(17-18-57(54)75-58(65-59(88-12)15-14-16-60(65)89-13)44-56(72)66(85)76-71(67(86)87)52-40-50-39-51(42-52)55(71)41-50)73-19-29-90-31-33-92-35-37-94-38-36-93-34-32-91-30-20-74-61(81)45-77-21-23-78(46-62(82)95-68(3,4)5)25-27-80(48-64(84)97-70(9,10)11)28-26-79(24-22-77)47-63(83)96-69(6,7)8/h14-18,43-44,49-52,55,62,72-73,75,82H,19-42,45-48H2,1-13H3,(H,74,81)(H,76,85)(H,86,87)/b58-44-,72-56?. The van der Waals surface area contributed by atoms with Crippen molar-refractivity contribution < 1.29 is 81.6 Å². The molecule has 4 aliphatic carbocycles. The zero-order chi connectivity index (χ0) is 70.9. The highest BCUT2D eigenvalue weighted by atomic mass is 16.6. The number of nitrogens with zero attached hydrogens (tertiary/aromatic N) is 4. The number of carboxylic acids is 1. The van der Waals surface area contributed by atoms with Crippen LogP contribution in [-0.4, -0.2) is 266 Å². The summed E-state index contributed by atoms with van der Waals surface area (Å²) < 4.78 is 57.4. The summed E-state index contributed by atoms with van der Waals surface area (Å²) in [6.45, 7) is 29.6. The maximum Gasteiger partial charge on any atom is 0.330 e. The van der Waals surface area contributed by atoms with Crippen molar-refractivity contribution in [1.29, 1.82) is 5.41 Å². The Morgan fingerprint density at radius 1 is 0.639 bits per heavy atom. The molecule has 0 spiro atoms. The minimum Gasteiger partial charge on any atom is -0.496 e. The SMILES string of the molecule is COc1cccc(OC)c1/C(=C/C(=N)C(=O)NC1(C(=O)O)C2CC3CC(C2)C1C3)Nc1ccc(NCCOCCOCCOCCOCCOCCNC(=O)CN2CCN(CC(=O)OC(C)(C)C)CCN(CC(=O)OC(C)(C)C)CCN(CC(O)OC(C)(C)C)CC2)cc1C(C)C. The van der Waals surface area contributed by atoms with E-state index in [-0.39, 0.29) is 67.7 Å². The van der Waals surface area contributed by atoms with Crippen LogP contribution in [0.2, 0.25) is 0 Å². The van der Waals surface area contributed by atoms with Gasteiger partial charge in [-0.25, -0.2) is 4.79 Å². The highest BCUT2D eigenvalue weighted by Gasteiger charge is 2.67. The minimum atomic E-state index is -1.38. The van der Waals surface area contributed by atoms with Gasteiger partial charge in [0, 0.05) is 83.4 Å². The largest absolute Gasteiger partial charge is 0.496 e. The highest BCUT2D eigenvalue weighted by Crippen LogP contribution is 2.63. The number of rotatable bonds is 38. The van der Waals surface area contributed by atoms with Crippen LogP contribution in [0.15, 0.2) is 42.5 Å². The van der Waals surface area contributed by atoms with Gasteiger partial charge in [0.15, 0.2) is 6.29 Å². The lowest BCUT2D eigenvalue weighted by Gasteiger charge is -2.41. The first-order chi connectivity index (χ1) is 45.9. The van der Waals surface area contributed by atoms with Crippen molar-refractivity contribution in [3.05, 3.63) is 53.6 Å². The molecule has 6 unspecified atom stereocenters. The van der Waals surface area contributed by atoms with Crippen molar-refractivity contribution in [1.82, 2.24) is 30.2 Å². The molecular weight excluding hydrogens is 1250 g/mol. The van der Waals surface area contributed by atoms with Crippen LogP contribution in [0.5, 0.6) is 11.5 Å². The van der Waals surface area contributed by atoms with Crippen molar-refractivity contribution in [3.8, 4) is 11.5 Å². The lowest BCUT2D eigenvalue weighted by molar-refractivity contribution is -0.174. The number of carbonyl (C=O) groups excluding carboxylic acids is 4. The fourth-order valence-corrected chi connectivity index (χ4v) is 13.3. The third-order valence-corrected chi connectivity index (χ3v) is 17.5. The summed E-state index contributed by atoms with van der Waals surface area (Å²) in [5.74, 6) is -1.20. The van der Waals surface area contributed by atoms with Gasteiger partial charge < -0.3 is 78.8 Å². The second-order valence-corrected chi connectivity index (χ2v) is 28.9. The van der Waals surface area contributed by atoms with Gasteiger partial charge in [-0.15, -0.1) is 0 Å². The molecule has 2 amide bonds. The van der Waals surface area contributed by atoms with E-state index in [4.69, 9.17) is 52.8 Å². The Morgan fingerprint density at radius 2 is 1.13 bits per heavy atom. The zero-order valence-electron chi connectivity index (χ0n) is 60.1. The Balaban J connectivity index is 0.854. The van der Waals surface area contributed by atoms with Crippen LogP contribution in [0.1, 0.15) is 119 Å². The molecule has 4 bridgehead atoms. The molecule has 5 aliphatic rings. The number of anilines is 2. The number of carbonyl (C=O) groups is 5. The molecule has 2 aromatic rings. The zero-order valence-corrected chi connectivity index (χ0v) is 60.1. The van der Waals surface area contributed by atoms with E-state index in [1.807, 2.05) is 95.2 Å². The number of ether oxygens (including phenoxy) is 10. The third-order valence-electron chi connectivity index (χ3n) is 17.5. The van der Waals surface area contributed by atoms with Crippen molar-refractivity contribution >= 4 is 52.5 Å². The monoisotopic (exact) mass is 1370 g/mol. The maximum absolute atomic E-state index is 14.0. The number of amides is 2. The van der Waals surface area contributed by atoms with Gasteiger partial charge in [-0.3, -0.25) is 44.2 Å². The summed E-state index contributed by atoms with van der Waals surface area (Å²) in [5, 5.41) is 43.4. The number of carboxylic acid groups (broad SMARTS) is 1. The molecule has 7 rings (SSSR count). The predicted molar refractivity (Wildman–Crippen MR) is 370 cm³/mol. The average Bonchev–Trinajstić information content (AvgIpc) is 1.55. The summed E-state index contributed by atoms with van der Waals surface area (Å²) in [5.41, 5.74) is -0.209. The number of aliphatic carboxylic acids is 1. The summed E-state index contributed by atoms with van der Waals surface area (Å²) in [4.78, 5) is 74.6. The molecular formula is C71H115N9O17. The van der Waals surface area contributed by atoms with Crippen LogP contribution in [0.25, 0.3) is 5.70 Å². The van der Waals surface area contributed by atoms with Gasteiger partial charge in [0.1, 0.15) is 34.0 Å². The molecule has 7 N–H and O–H groups in total. The third kappa shape index (κ3) is 26.9. The van der Waals surface area contributed by atoms with E-state index in [0.29, 0.717) is 160 Å². The van der Waals surface area contributed by atoms with E-state index >= 15 is 0 Å². The number of hydrogen-bond acceptors (Lipinski definition) is 23. The Morgan fingerprint density at radius 3 is 1.61 bits per heavy atom. The normalized spacial score (nSPS) is 21.2. The smallest absolute Gasteiger partial charge is 0.330 e. The van der Waals surface area contributed by atoms with Crippen LogP contribution in [0.4, 0.5) is 11.4 Å². The Hall–Kier alpha value is -6.04. The fourth-order valence-electron chi connectivity index (χ4n) is 13.3. The van der Waals surface area contributed by atoms with Crippen LogP contribution >= 0.6 is 0 Å². The van der Waals surface area contributed by atoms with Gasteiger partial charge in [-0.2, -0.15) is 0 Å². The topological polar surface area (TPSA) is 303 Å². The number of nitrogens with one attached hydrogen (secondary N) is 5. The highest BCUT2D eigenvalue weighted by molar-refractivity contribution is 6.43. The average molecular weight is 1370 g/mol.